The lowest BCUT2D eigenvalue weighted by molar-refractivity contribution is -0.141. The molecule has 2 nitrogen and oxygen atoms in total. The number of aryl methyl sites for hydroxylation is 1. The van der Waals surface area contributed by atoms with Gasteiger partial charge in [-0.3, -0.25) is 0 Å². The van der Waals surface area contributed by atoms with E-state index >= 15 is 0 Å². The zero-order valence-electron chi connectivity index (χ0n) is 8.61. The lowest BCUT2D eigenvalue weighted by atomic mass is 10.3. The van der Waals surface area contributed by atoms with E-state index in [2.05, 4.69) is 10.3 Å². The number of nitrogens with one attached hydrogen (secondary N) is 1. The molecule has 1 aromatic heterocycles. The maximum Gasteiger partial charge on any atom is 0.434 e. The van der Waals surface area contributed by atoms with Crippen molar-refractivity contribution in [1.82, 2.24) is 10.3 Å². The van der Waals surface area contributed by atoms with Crippen LogP contribution in [0.4, 0.5) is 13.2 Å². The van der Waals surface area contributed by atoms with E-state index in [1.807, 2.05) is 6.92 Å². The topological polar surface area (TPSA) is 24.9 Å². The van der Waals surface area contributed by atoms with Gasteiger partial charge in [0.1, 0.15) is 0 Å². The largest absolute Gasteiger partial charge is 0.434 e. The molecule has 1 aromatic rings. The Balaban J connectivity index is 2.78. The molecule has 0 aromatic carbocycles. The van der Waals surface area contributed by atoms with Gasteiger partial charge in [-0.05, 0) is 19.9 Å². The van der Waals surface area contributed by atoms with Crippen molar-refractivity contribution in [2.45, 2.75) is 33.0 Å². The second-order valence-corrected chi connectivity index (χ2v) is 4.47. The van der Waals surface area contributed by atoms with Crippen LogP contribution in [0.1, 0.15) is 28.9 Å². The summed E-state index contributed by atoms with van der Waals surface area (Å²) in [6.45, 7) is 4.52. The van der Waals surface area contributed by atoms with Crippen LogP contribution in [0.5, 0.6) is 0 Å². The second-order valence-electron chi connectivity index (χ2n) is 3.18. The molecular formula is C9H13F3N2S. The van der Waals surface area contributed by atoms with Crippen molar-refractivity contribution in [2.24, 2.45) is 0 Å². The Kier molecular flexibility index (Phi) is 4.10. The fourth-order valence-corrected chi connectivity index (χ4v) is 2.12. The first-order valence-corrected chi connectivity index (χ1v) is 5.51. The molecule has 0 saturated carbocycles. The minimum absolute atomic E-state index is 0.244. The van der Waals surface area contributed by atoms with Crippen LogP contribution in [0.15, 0.2) is 0 Å². The van der Waals surface area contributed by atoms with Gasteiger partial charge < -0.3 is 5.32 Å². The predicted molar refractivity (Wildman–Crippen MR) is 53.9 cm³/mol. The fraction of sp³-hybridized carbons (Fsp3) is 0.667. The fourth-order valence-electron chi connectivity index (χ4n) is 1.19. The summed E-state index contributed by atoms with van der Waals surface area (Å²) >= 11 is 1.10. The average Bonchev–Trinajstić information content (AvgIpc) is 2.47. The Labute approximate surface area is 90.5 Å². The number of aromatic nitrogens is 1. The minimum atomic E-state index is -4.34. The van der Waals surface area contributed by atoms with Gasteiger partial charge in [0.15, 0.2) is 5.69 Å². The molecule has 0 radical (unpaired) electrons. The first-order valence-electron chi connectivity index (χ1n) is 4.69. The van der Waals surface area contributed by atoms with E-state index < -0.39 is 11.9 Å². The van der Waals surface area contributed by atoms with E-state index in [4.69, 9.17) is 0 Å². The van der Waals surface area contributed by atoms with E-state index in [0.29, 0.717) is 11.6 Å². The molecule has 0 spiro atoms. The number of nitrogens with zero attached hydrogens (tertiary/aromatic N) is 1. The molecule has 0 amide bonds. The van der Waals surface area contributed by atoms with Gasteiger partial charge in [-0.15, -0.1) is 11.3 Å². The molecule has 0 atom stereocenters. The van der Waals surface area contributed by atoms with Crippen molar-refractivity contribution in [3.8, 4) is 0 Å². The standard InChI is InChI=1S/C9H13F3N2S/c1-3-4-13-5-7-8(9(10,11)12)14-6(2)15-7/h13H,3-5H2,1-2H3. The second kappa shape index (κ2) is 4.94. The number of thiazole rings is 1. The molecule has 0 bridgehead atoms. The zero-order chi connectivity index (χ0) is 11.5. The maximum atomic E-state index is 12.5. The van der Waals surface area contributed by atoms with Crippen LogP contribution in [-0.2, 0) is 12.7 Å². The number of rotatable bonds is 4. The Morgan fingerprint density at radius 2 is 2.07 bits per heavy atom. The van der Waals surface area contributed by atoms with Gasteiger partial charge in [0.25, 0.3) is 0 Å². The van der Waals surface area contributed by atoms with Crippen LogP contribution in [-0.4, -0.2) is 11.5 Å². The summed E-state index contributed by atoms with van der Waals surface area (Å²) in [6, 6.07) is 0. The van der Waals surface area contributed by atoms with E-state index in [0.717, 1.165) is 17.8 Å². The van der Waals surface area contributed by atoms with Crippen molar-refractivity contribution >= 4 is 11.3 Å². The van der Waals surface area contributed by atoms with Gasteiger partial charge in [0.2, 0.25) is 0 Å². The van der Waals surface area contributed by atoms with Crippen molar-refractivity contribution in [3.63, 3.8) is 0 Å². The van der Waals surface area contributed by atoms with E-state index in [-0.39, 0.29) is 11.4 Å². The Bertz CT molecular complexity index is 320. The molecule has 1 heterocycles. The molecule has 86 valence electrons. The van der Waals surface area contributed by atoms with Crippen LogP contribution >= 0.6 is 11.3 Å². The normalized spacial score (nSPS) is 12.1. The highest BCUT2D eigenvalue weighted by atomic mass is 32.1. The van der Waals surface area contributed by atoms with Crippen LogP contribution in [0, 0.1) is 6.92 Å². The maximum absolute atomic E-state index is 12.5. The van der Waals surface area contributed by atoms with Gasteiger partial charge in [0, 0.05) is 6.54 Å². The van der Waals surface area contributed by atoms with Crippen LogP contribution in [0.2, 0.25) is 0 Å². The molecule has 6 heteroatoms. The van der Waals surface area contributed by atoms with E-state index in [1.54, 1.807) is 6.92 Å². The quantitative estimate of drug-likeness (QED) is 0.816. The first kappa shape index (κ1) is 12.4. The van der Waals surface area contributed by atoms with Gasteiger partial charge in [-0.25, -0.2) is 4.98 Å². The highest BCUT2D eigenvalue weighted by Crippen LogP contribution is 2.33. The third-order valence-corrected chi connectivity index (χ3v) is 2.76. The summed E-state index contributed by atoms with van der Waals surface area (Å²) < 4.78 is 37.5. The molecule has 0 unspecified atom stereocenters. The first-order chi connectivity index (χ1) is 6.95. The molecular weight excluding hydrogens is 225 g/mol. The van der Waals surface area contributed by atoms with Gasteiger partial charge in [-0.2, -0.15) is 13.2 Å². The Hall–Kier alpha value is -0.620. The molecule has 0 saturated heterocycles. The number of halogens is 3. The smallest absolute Gasteiger partial charge is 0.312 e. The summed E-state index contributed by atoms with van der Waals surface area (Å²) in [5.74, 6) is 0. The van der Waals surface area contributed by atoms with Crippen molar-refractivity contribution in [1.29, 1.82) is 0 Å². The van der Waals surface area contributed by atoms with Crippen molar-refractivity contribution in [3.05, 3.63) is 15.6 Å². The summed E-state index contributed by atoms with van der Waals surface area (Å²) in [5.41, 5.74) is -0.742. The molecule has 0 aliphatic rings. The third kappa shape index (κ3) is 3.46. The highest BCUT2D eigenvalue weighted by Gasteiger charge is 2.36. The number of alkyl halides is 3. The predicted octanol–water partition coefficient (Wildman–Crippen LogP) is 2.97. The van der Waals surface area contributed by atoms with Crippen LogP contribution in [0.25, 0.3) is 0 Å². The summed E-state index contributed by atoms with van der Waals surface area (Å²) in [5, 5.41) is 3.40. The number of hydrogen-bond acceptors (Lipinski definition) is 3. The third-order valence-electron chi connectivity index (χ3n) is 1.79. The monoisotopic (exact) mass is 238 g/mol. The van der Waals surface area contributed by atoms with Gasteiger partial charge in [0.05, 0.1) is 9.88 Å². The Morgan fingerprint density at radius 1 is 1.40 bits per heavy atom. The molecule has 0 aliphatic heterocycles. The SMILES string of the molecule is CCCNCc1sc(C)nc1C(F)(F)F. The molecule has 0 aliphatic carbocycles. The summed E-state index contributed by atoms with van der Waals surface area (Å²) in [6.07, 6.45) is -3.44. The van der Waals surface area contributed by atoms with Gasteiger partial charge in [-0.1, -0.05) is 6.92 Å². The minimum Gasteiger partial charge on any atom is -0.312 e. The zero-order valence-corrected chi connectivity index (χ0v) is 9.43. The van der Waals surface area contributed by atoms with E-state index in [1.165, 1.54) is 0 Å². The molecule has 1 N–H and O–H groups in total. The number of hydrogen-bond donors (Lipinski definition) is 1. The Morgan fingerprint density at radius 3 is 2.60 bits per heavy atom. The van der Waals surface area contributed by atoms with Crippen LogP contribution in [0.3, 0.4) is 0 Å². The lowest BCUT2D eigenvalue weighted by Gasteiger charge is -2.06. The van der Waals surface area contributed by atoms with Crippen molar-refractivity contribution in [2.75, 3.05) is 6.54 Å². The summed E-state index contributed by atoms with van der Waals surface area (Å²) in [4.78, 5) is 3.79. The van der Waals surface area contributed by atoms with E-state index in [9.17, 15) is 13.2 Å². The molecule has 0 fully saturated rings. The van der Waals surface area contributed by atoms with Crippen molar-refractivity contribution < 1.29 is 13.2 Å². The molecule has 15 heavy (non-hydrogen) atoms. The van der Waals surface area contributed by atoms with Crippen LogP contribution < -0.4 is 5.32 Å². The lowest BCUT2D eigenvalue weighted by Crippen LogP contribution is -2.17. The summed E-state index contributed by atoms with van der Waals surface area (Å²) in [7, 11) is 0. The van der Waals surface area contributed by atoms with Gasteiger partial charge >= 0.3 is 6.18 Å². The average molecular weight is 238 g/mol. The molecule has 1 rings (SSSR count). The highest BCUT2D eigenvalue weighted by molar-refractivity contribution is 7.11.